The lowest BCUT2D eigenvalue weighted by molar-refractivity contribution is 0.102. The van der Waals surface area contributed by atoms with Gasteiger partial charge in [-0.3, -0.25) is 14.8 Å². The molecule has 1 aromatic heterocycles. The average Bonchev–Trinajstić information content (AvgIpc) is 3.21. The Hall–Kier alpha value is -2.34. The second-order valence-corrected chi connectivity index (χ2v) is 5.99. The fourth-order valence-corrected chi connectivity index (χ4v) is 2.74. The molecule has 6 nitrogen and oxygen atoms in total. The Morgan fingerprint density at radius 1 is 1.39 bits per heavy atom. The van der Waals surface area contributed by atoms with E-state index in [1.165, 1.54) is 19.5 Å². The van der Waals surface area contributed by atoms with E-state index in [1.807, 2.05) is 24.3 Å². The molecule has 1 fully saturated rings. The van der Waals surface area contributed by atoms with Crippen molar-refractivity contribution in [3.63, 3.8) is 0 Å². The van der Waals surface area contributed by atoms with Crippen LogP contribution in [0.2, 0.25) is 0 Å². The van der Waals surface area contributed by atoms with E-state index in [0.717, 1.165) is 23.9 Å². The maximum Gasteiger partial charge on any atom is 0.273 e. The summed E-state index contributed by atoms with van der Waals surface area (Å²) in [6.07, 6.45) is 2.83. The number of rotatable bonds is 6. The van der Waals surface area contributed by atoms with Crippen LogP contribution >= 0.6 is 0 Å². The molecule has 0 saturated carbocycles. The van der Waals surface area contributed by atoms with Crippen LogP contribution in [0.15, 0.2) is 36.5 Å². The summed E-state index contributed by atoms with van der Waals surface area (Å²) in [4.78, 5) is 14.3. The van der Waals surface area contributed by atoms with E-state index in [0.29, 0.717) is 12.3 Å². The Bertz CT molecular complexity index is 625. The molecule has 2 heterocycles. The van der Waals surface area contributed by atoms with Gasteiger partial charge in [-0.15, -0.1) is 0 Å². The lowest BCUT2D eigenvalue weighted by Gasteiger charge is -2.15. The van der Waals surface area contributed by atoms with E-state index in [9.17, 15) is 4.79 Å². The zero-order valence-electron chi connectivity index (χ0n) is 13.3. The van der Waals surface area contributed by atoms with Crippen molar-refractivity contribution in [2.75, 3.05) is 31.6 Å². The highest BCUT2D eigenvalue weighted by atomic mass is 16.5. The van der Waals surface area contributed by atoms with E-state index in [-0.39, 0.29) is 5.91 Å². The Morgan fingerprint density at radius 2 is 2.22 bits per heavy atom. The fourth-order valence-electron chi connectivity index (χ4n) is 2.74. The summed E-state index contributed by atoms with van der Waals surface area (Å²) >= 11 is 0. The Balaban J connectivity index is 1.44. The number of carbonyl (C=O) groups excluding carboxylic acids is 1. The van der Waals surface area contributed by atoms with E-state index >= 15 is 0 Å². The largest absolute Gasteiger partial charge is 0.492 e. The van der Waals surface area contributed by atoms with Gasteiger partial charge in [-0.05, 0) is 49.2 Å². The molecule has 1 aromatic carbocycles. The van der Waals surface area contributed by atoms with Crippen LogP contribution in [0.1, 0.15) is 23.8 Å². The van der Waals surface area contributed by atoms with Gasteiger partial charge in [-0.2, -0.15) is 5.10 Å². The number of carbonyl (C=O) groups is 1. The molecule has 2 aromatic rings. The van der Waals surface area contributed by atoms with Gasteiger partial charge in [0.05, 0.1) is 0 Å². The van der Waals surface area contributed by atoms with Crippen molar-refractivity contribution < 1.29 is 9.53 Å². The molecular formula is C17H22N4O2. The van der Waals surface area contributed by atoms with Gasteiger partial charge >= 0.3 is 0 Å². The first kappa shape index (κ1) is 15.6. The number of likely N-dealkylation sites (tertiary alicyclic amines) is 1. The first-order valence-electron chi connectivity index (χ1n) is 7.96. The van der Waals surface area contributed by atoms with Gasteiger partial charge in [0, 0.05) is 25.0 Å². The average molecular weight is 314 g/mol. The first-order chi connectivity index (χ1) is 11.2. The normalized spacial score (nSPS) is 18.0. The van der Waals surface area contributed by atoms with Gasteiger partial charge in [0.1, 0.15) is 18.1 Å². The third-order valence-corrected chi connectivity index (χ3v) is 4.04. The third-order valence-electron chi connectivity index (χ3n) is 4.04. The number of anilines is 1. The quantitative estimate of drug-likeness (QED) is 0.859. The van der Waals surface area contributed by atoms with Gasteiger partial charge in [0.25, 0.3) is 5.91 Å². The third kappa shape index (κ3) is 4.32. The summed E-state index contributed by atoms with van der Waals surface area (Å²) < 4.78 is 5.76. The standard InChI is InChI=1S/C17H22N4O2/c1-13-7-9-21(12-13)10-11-23-15-4-2-14(3-5-15)19-17(22)16-6-8-18-20-16/h2-6,8,13H,7,9-12H2,1H3,(H,18,20)(H,19,22)/t13-/m0/s1. The summed E-state index contributed by atoms with van der Waals surface area (Å²) in [5.74, 6) is 1.41. The van der Waals surface area contributed by atoms with Crippen molar-refractivity contribution in [1.82, 2.24) is 15.1 Å². The summed E-state index contributed by atoms with van der Waals surface area (Å²) in [5.41, 5.74) is 1.16. The van der Waals surface area contributed by atoms with Crippen LogP contribution in [0.4, 0.5) is 5.69 Å². The predicted molar refractivity (Wildman–Crippen MR) is 88.7 cm³/mol. The molecule has 1 saturated heterocycles. The lowest BCUT2D eigenvalue weighted by Crippen LogP contribution is -2.25. The van der Waals surface area contributed by atoms with Gasteiger partial charge < -0.3 is 10.1 Å². The molecule has 1 aliphatic rings. The molecule has 1 amide bonds. The predicted octanol–water partition coefficient (Wildman–Crippen LogP) is 2.38. The number of aromatic amines is 1. The second-order valence-electron chi connectivity index (χ2n) is 5.99. The molecule has 1 aliphatic heterocycles. The molecule has 0 bridgehead atoms. The number of hydrogen-bond acceptors (Lipinski definition) is 4. The van der Waals surface area contributed by atoms with E-state index in [4.69, 9.17) is 4.74 Å². The highest BCUT2D eigenvalue weighted by molar-refractivity contribution is 6.02. The van der Waals surface area contributed by atoms with Crippen LogP contribution < -0.4 is 10.1 Å². The number of aromatic nitrogens is 2. The number of benzene rings is 1. The maximum absolute atomic E-state index is 11.9. The van der Waals surface area contributed by atoms with Crippen molar-refractivity contribution in [2.45, 2.75) is 13.3 Å². The van der Waals surface area contributed by atoms with Crippen molar-refractivity contribution in [3.05, 3.63) is 42.2 Å². The monoisotopic (exact) mass is 314 g/mol. The smallest absolute Gasteiger partial charge is 0.273 e. The number of H-pyrrole nitrogens is 1. The lowest BCUT2D eigenvalue weighted by atomic mass is 10.2. The van der Waals surface area contributed by atoms with Crippen molar-refractivity contribution in [2.24, 2.45) is 5.92 Å². The van der Waals surface area contributed by atoms with Gasteiger partial charge in [-0.1, -0.05) is 6.92 Å². The van der Waals surface area contributed by atoms with E-state index < -0.39 is 0 Å². The minimum atomic E-state index is -0.209. The fraction of sp³-hybridized carbons (Fsp3) is 0.412. The summed E-state index contributed by atoms with van der Waals surface area (Å²) in [7, 11) is 0. The SMILES string of the molecule is C[C@H]1CCN(CCOc2ccc(NC(=O)c3ccn[nH]3)cc2)C1. The maximum atomic E-state index is 11.9. The summed E-state index contributed by atoms with van der Waals surface area (Å²) in [6, 6.07) is 9.04. The minimum Gasteiger partial charge on any atom is -0.492 e. The van der Waals surface area contributed by atoms with Crippen LogP contribution in [-0.4, -0.2) is 47.2 Å². The highest BCUT2D eigenvalue weighted by Gasteiger charge is 2.17. The van der Waals surface area contributed by atoms with Crippen molar-refractivity contribution in [1.29, 1.82) is 0 Å². The Labute approximate surface area is 135 Å². The van der Waals surface area contributed by atoms with Gasteiger partial charge in [0.15, 0.2) is 0 Å². The zero-order chi connectivity index (χ0) is 16.1. The zero-order valence-corrected chi connectivity index (χ0v) is 13.3. The van der Waals surface area contributed by atoms with Crippen LogP contribution in [0.3, 0.4) is 0 Å². The topological polar surface area (TPSA) is 70.2 Å². The molecule has 23 heavy (non-hydrogen) atoms. The van der Waals surface area contributed by atoms with E-state index in [1.54, 1.807) is 12.3 Å². The number of nitrogens with one attached hydrogen (secondary N) is 2. The molecule has 6 heteroatoms. The molecule has 0 spiro atoms. The molecule has 122 valence electrons. The molecule has 3 rings (SSSR count). The Kier molecular flexibility index (Phi) is 4.92. The summed E-state index contributed by atoms with van der Waals surface area (Å²) in [6.45, 7) is 6.28. The number of nitrogens with zero attached hydrogens (tertiary/aromatic N) is 2. The number of hydrogen-bond donors (Lipinski definition) is 2. The first-order valence-corrected chi connectivity index (χ1v) is 7.96. The molecule has 2 N–H and O–H groups in total. The Morgan fingerprint density at radius 3 is 2.87 bits per heavy atom. The van der Waals surface area contributed by atoms with Crippen LogP contribution in [0.5, 0.6) is 5.75 Å². The van der Waals surface area contributed by atoms with Gasteiger partial charge in [0.2, 0.25) is 0 Å². The molecule has 0 aliphatic carbocycles. The van der Waals surface area contributed by atoms with Crippen molar-refractivity contribution in [3.8, 4) is 5.75 Å². The van der Waals surface area contributed by atoms with E-state index in [2.05, 4.69) is 27.3 Å². The highest BCUT2D eigenvalue weighted by Crippen LogP contribution is 2.17. The number of amides is 1. The van der Waals surface area contributed by atoms with Crippen molar-refractivity contribution >= 4 is 11.6 Å². The molecule has 0 unspecified atom stereocenters. The second kappa shape index (κ2) is 7.28. The van der Waals surface area contributed by atoms with Crippen LogP contribution in [0, 0.1) is 5.92 Å². The molecular weight excluding hydrogens is 292 g/mol. The molecule has 1 atom stereocenters. The molecule has 0 radical (unpaired) electrons. The number of ether oxygens (including phenoxy) is 1. The van der Waals surface area contributed by atoms with Crippen LogP contribution in [0.25, 0.3) is 0 Å². The van der Waals surface area contributed by atoms with Crippen LogP contribution in [-0.2, 0) is 0 Å². The van der Waals surface area contributed by atoms with Gasteiger partial charge in [-0.25, -0.2) is 0 Å². The minimum absolute atomic E-state index is 0.209. The summed E-state index contributed by atoms with van der Waals surface area (Å²) in [5, 5.41) is 9.20.